The molecule has 1 aliphatic heterocycles. The first-order valence-electron chi connectivity index (χ1n) is 3.45. The van der Waals surface area contributed by atoms with Crippen molar-refractivity contribution in [3.63, 3.8) is 0 Å². The summed E-state index contributed by atoms with van der Waals surface area (Å²) in [5, 5.41) is 4.57. The Hall–Kier alpha value is -0.550. The van der Waals surface area contributed by atoms with Crippen LogP contribution < -0.4 is 5.32 Å². The van der Waals surface area contributed by atoms with Crippen LogP contribution in [0.2, 0.25) is 0 Å². The molecule has 0 bridgehead atoms. The zero-order valence-corrected chi connectivity index (χ0v) is 8.44. The zero-order chi connectivity index (χ0) is 8.55. The molecule has 1 atom stereocenters. The number of hydrogen-bond acceptors (Lipinski definition) is 3. The molecule has 2 heterocycles. The third-order valence-corrected chi connectivity index (χ3v) is 3.58. The molecule has 1 unspecified atom stereocenters. The SMILES string of the molecule is O=C1NCC(c2sccc2Br)O1. The highest BCUT2D eigenvalue weighted by Gasteiger charge is 2.26. The van der Waals surface area contributed by atoms with Gasteiger partial charge in [-0.25, -0.2) is 4.79 Å². The molecule has 1 aromatic rings. The van der Waals surface area contributed by atoms with Gasteiger partial charge in [0.2, 0.25) is 0 Å². The van der Waals surface area contributed by atoms with E-state index in [0.29, 0.717) is 6.54 Å². The summed E-state index contributed by atoms with van der Waals surface area (Å²) in [7, 11) is 0. The molecule has 0 saturated carbocycles. The largest absolute Gasteiger partial charge is 0.439 e. The number of cyclic esters (lactones) is 1. The number of rotatable bonds is 1. The van der Waals surface area contributed by atoms with Gasteiger partial charge in [-0.1, -0.05) is 0 Å². The van der Waals surface area contributed by atoms with Gasteiger partial charge in [0.05, 0.1) is 11.4 Å². The van der Waals surface area contributed by atoms with Gasteiger partial charge < -0.3 is 10.1 Å². The van der Waals surface area contributed by atoms with Crippen LogP contribution in [0.4, 0.5) is 4.79 Å². The fourth-order valence-electron chi connectivity index (χ4n) is 1.07. The minimum Gasteiger partial charge on any atom is -0.439 e. The van der Waals surface area contributed by atoms with E-state index in [1.807, 2.05) is 11.4 Å². The van der Waals surface area contributed by atoms with Crippen LogP contribution in [-0.2, 0) is 4.74 Å². The fourth-order valence-corrected chi connectivity index (χ4v) is 2.73. The van der Waals surface area contributed by atoms with Gasteiger partial charge in [0.1, 0.15) is 0 Å². The van der Waals surface area contributed by atoms with E-state index in [1.165, 1.54) is 0 Å². The van der Waals surface area contributed by atoms with Gasteiger partial charge in [-0.3, -0.25) is 0 Å². The van der Waals surface area contributed by atoms with Crippen molar-refractivity contribution < 1.29 is 9.53 Å². The summed E-state index contributed by atoms with van der Waals surface area (Å²) in [6.07, 6.45) is -0.452. The number of alkyl carbamates (subject to hydrolysis) is 1. The maximum absolute atomic E-state index is 10.7. The van der Waals surface area contributed by atoms with Crippen LogP contribution in [0.1, 0.15) is 11.0 Å². The molecule has 1 aromatic heterocycles. The topological polar surface area (TPSA) is 38.3 Å². The van der Waals surface area contributed by atoms with Crippen molar-refractivity contribution in [2.24, 2.45) is 0 Å². The van der Waals surface area contributed by atoms with Crippen LogP contribution in [0.3, 0.4) is 0 Å². The molecule has 0 aromatic carbocycles. The summed E-state index contributed by atoms with van der Waals surface area (Å²) in [6, 6.07) is 1.95. The molecule has 1 fully saturated rings. The molecule has 64 valence electrons. The van der Waals surface area contributed by atoms with E-state index in [-0.39, 0.29) is 12.2 Å². The summed E-state index contributed by atoms with van der Waals surface area (Å²) in [4.78, 5) is 11.8. The Labute approximate surface area is 81.9 Å². The van der Waals surface area contributed by atoms with E-state index in [1.54, 1.807) is 11.3 Å². The quantitative estimate of drug-likeness (QED) is 0.828. The van der Waals surface area contributed by atoms with Crippen molar-refractivity contribution in [2.45, 2.75) is 6.10 Å². The molecule has 1 N–H and O–H groups in total. The van der Waals surface area contributed by atoms with E-state index < -0.39 is 0 Å². The Kier molecular flexibility index (Phi) is 2.06. The molecule has 0 aliphatic carbocycles. The van der Waals surface area contributed by atoms with Crippen LogP contribution in [0, 0.1) is 0 Å². The van der Waals surface area contributed by atoms with Gasteiger partial charge in [0, 0.05) is 4.47 Å². The summed E-state index contributed by atoms with van der Waals surface area (Å²) >= 11 is 4.97. The molecule has 2 rings (SSSR count). The molecule has 12 heavy (non-hydrogen) atoms. The van der Waals surface area contributed by atoms with Crippen molar-refractivity contribution >= 4 is 33.4 Å². The number of nitrogens with one attached hydrogen (secondary N) is 1. The zero-order valence-electron chi connectivity index (χ0n) is 6.04. The van der Waals surface area contributed by atoms with E-state index in [0.717, 1.165) is 9.35 Å². The van der Waals surface area contributed by atoms with Crippen LogP contribution in [0.25, 0.3) is 0 Å². The second kappa shape index (κ2) is 3.06. The van der Waals surface area contributed by atoms with Crippen molar-refractivity contribution in [1.29, 1.82) is 0 Å². The number of amides is 1. The van der Waals surface area contributed by atoms with Gasteiger partial charge in [-0.2, -0.15) is 0 Å². The average Bonchev–Trinajstić information content (AvgIpc) is 2.58. The lowest BCUT2D eigenvalue weighted by Crippen LogP contribution is -2.12. The lowest BCUT2D eigenvalue weighted by atomic mass is 10.3. The van der Waals surface area contributed by atoms with Gasteiger partial charge in [0.25, 0.3) is 0 Å². The van der Waals surface area contributed by atoms with E-state index in [2.05, 4.69) is 21.2 Å². The number of thiophene rings is 1. The van der Waals surface area contributed by atoms with Crippen LogP contribution >= 0.6 is 27.3 Å². The van der Waals surface area contributed by atoms with Crippen LogP contribution in [0.5, 0.6) is 0 Å². The predicted octanol–water partition coefficient (Wildman–Crippen LogP) is 2.29. The Morgan fingerprint density at radius 1 is 1.75 bits per heavy atom. The average molecular weight is 248 g/mol. The minimum absolute atomic E-state index is 0.119. The fraction of sp³-hybridized carbons (Fsp3) is 0.286. The summed E-state index contributed by atoms with van der Waals surface area (Å²) < 4.78 is 6.03. The van der Waals surface area contributed by atoms with Crippen LogP contribution in [-0.4, -0.2) is 12.6 Å². The second-order valence-corrected chi connectivity index (χ2v) is 4.21. The smallest absolute Gasteiger partial charge is 0.407 e. The summed E-state index contributed by atoms with van der Waals surface area (Å²) in [5.74, 6) is 0. The first-order valence-corrected chi connectivity index (χ1v) is 5.12. The highest BCUT2D eigenvalue weighted by Crippen LogP contribution is 2.32. The molecule has 1 aliphatic rings. The molecule has 0 radical (unpaired) electrons. The van der Waals surface area contributed by atoms with Gasteiger partial charge in [-0.15, -0.1) is 11.3 Å². The third-order valence-electron chi connectivity index (χ3n) is 1.62. The van der Waals surface area contributed by atoms with E-state index in [4.69, 9.17) is 4.74 Å². The van der Waals surface area contributed by atoms with Crippen molar-refractivity contribution in [1.82, 2.24) is 5.32 Å². The second-order valence-electron chi connectivity index (χ2n) is 2.41. The molecule has 5 heteroatoms. The molecular weight excluding hydrogens is 242 g/mol. The Bertz CT molecular complexity index is 312. The minimum atomic E-state index is -0.333. The monoisotopic (exact) mass is 247 g/mol. The van der Waals surface area contributed by atoms with Crippen molar-refractivity contribution in [2.75, 3.05) is 6.54 Å². The molecule has 3 nitrogen and oxygen atoms in total. The maximum atomic E-state index is 10.7. The summed E-state index contributed by atoms with van der Waals surface area (Å²) in [5.41, 5.74) is 0. The summed E-state index contributed by atoms with van der Waals surface area (Å²) in [6.45, 7) is 0.567. The number of carbonyl (C=O) groups excluding carboxylic acids is 1. The molecular formula is C7H6BrNO2S. The molecule has 1 amide bonds. The number of ether oxygens (including phenoxy) is 1. The van der Waals surface area contributed by atoms with Gasteiger partial charge >= 0.3 is 6.09 Å². The predicted molar refractivity (Wildman–Crippen MR) is 49.2 cm³/mol. The van der Waals surface area contributed by atoms with Crippen molar-refractivity contribution in [3.05, 3.63) is 20.8 Å². The Morgan fingerprint density at radius 2 is 2.58 bits per heavy atom. The maximum Gasteiger partial charge on any atom is 0.407 e. The van der Waals surface area contributed by atoms with E-state index in [9.17, 15) is 4.79 Å². The first kappa shape index (κ1) is 8.07. The van der Waals surface area contributed by atoms with Gasteiger partial charge in [-0.05, 0) is 27.4 Å². The first-order chi connectivity index (χ1) is 5.77. The number of halogens is 1. The van der Waals surface area contributed by atoms with Crippen molar-refractivity contribution in [3.8, 4) is 0 Å². The normalized spacial score (nSPS) is 22.1. The third kappa shape index (κ3) is 1.34. The van der Waals surface area contributed by atoms with Crippen LogP contribution in [0.15, 0.2) is 15.9 Å². The lowest BCUT2D eigenvalue weighted by Gasteiger charge is -2.04. The Balaban J connectivity index is 2.21. The number of carbonyl (C=O) groups is 1. The number of hydrogen-bond donors (Lipinski definition) is 1. The van der Waals surface area contributed by atoms with Gasteiger partial charge in [0.15, 0.2) is 6.10 Å². The molecule has 0 spiro atoms. The standard InChI is InChI=1S/C7H6BrNO2S/c8-4-1-2-12-6(4)5-3-9-7(10)11-5/h1-2,5H,3H2,(H,9,10). The highest BCUT2D eigenvalue weighted by atomic mass is 79.9. The highest BCUT2D eigenvalue weighted by molar-refractivity contribution is 9.10. The Morgan fingerprint density at radius 3 is 3.08 bits per heavy atom. The lowest BCUT2D eigenvalue weighted by molar-refractivity contribution is 0.142. The molecule has 1 saturated heterocycles. The van der Waals surface area contributed by atoms with E-state index >= 15 is 0 Å².